The predicted molar refractivity (Wildman–Crippen MR) is 76.3 cm³/mol. The first-order valence-electron chi connectivity index (χ1n) is 6.12. The van der Waals surface area contributed by atoms with Gasteiger partial charge in [0.15, 0.2) is 11.1 Å². The summed E-state index contributed by atoms with van der Waals surface area (Å²) in [4.78, 5) is 25.9. The summed E-state index contributed by atoms with van der Waals surface area (Å²) in [5.41, 5.74) is 0.986. The van der Waals surface area contributed by atoms with Crippen molar-refractivity contribution in [3.63, 3.8) is 0 Å². The first kappa shape index (κ1) is 13.6. The van der Waals surface area contributed by atoms with Crippen molar-refractivity contribution in [2.24, 2.45) is 0 Å². The van der Waals surface area contributed by atoms with Crippen LogP contribution in [0.4, 0.5) is 4.39 Å². The summed E-state index contributed by atoms with van der Waals surface area (Å²) in [7, 11) is 0. The zero-order chi connectivity index (χ0) is 15.1. The van der Waals surface area contributed by atoms with Crippen molar-refractivity contribution in [3.05, 3.63) is 67.3 Å². The van der Waals surface area contributed by atoms with Crippen molar-refractivity contribution in [3.8, 4) is 0 Å². The van der Waals surface area contributed by atoms with E-state index in [9.17, 15) is 14.0 Å². The number of hydrogen-bond donors (Lipinski definition) is 1. The number of nitrogens with zero attached hydrogens (tertiary/aromatic N) is 1. The molecule has 2 aromatic heterocycles. The number of aromatic nitrogens is 2. The summed E-state index contributed by atoms with van der Waals surface area (Å²) in [6.45, 7) is 1.81. The quantitative estimate of drug-likeness (QED) is 0.790. The molecule has 0 spiro atoms. The molecule has 0 radical (unpaired) electrons. The summed E-state index contributed by atoms with van der Waals surface area (Å²) < 4.78 is 19.5. The number of fused-ring (bicyclic) bond motifs is 1. The molecule has 3 rings (SSSR count). The molecular formula is C14H10ClFN2O3. The van der Waals surface area contributed by atoms with E-state index in [1.54, 1.807) is 13.1 Å². The molecule has 2 heterocycles. The van der Waals surface area contributed by atoms with Gasteiger partial charge in [0.25, 0.3) is 5.56 Å². The second-order valence-electron chi connectivity index (χ2n) is 4.70. The van der Waals surface area contributed by atoms with Gasteiger partial charge in [-0.2, -0.15) is 0 Å². The van der Waals surface area contributed by atoms with Crippen molar-refractivity contribution >= 4 is 22.7 Å². The summed E-state index contributed by atoms with van der Waals surface area (Å²) in [5.74, 6) is -1.12. The molecule has 0 saturated carbocycles. The Morgan fingerprint density at radius 2 is 2.14 bits per heavy atom. The number of aryl methyl sites for hydroxylation is 1. The van der Waals surface area contributed by atoms with Crippen LogP contribution in [0.5, 0.6) is 0 Å². The zero-order valence-electron chi connectivity index (χ0n) is 10.9. The third-order valence-electron chi connectivity index (χ3n) is 3.18. The third-order valence-corrected chi connectivity index (χ3v) is 3.55. The van der Waals surface area contributed by atoms with E-state index in [4.69, 9.17) is 16.0 Å². The molecule has 1 N–H and O–H groups in total. The lowest BCUT2D eigenvalue weighted by molar-refractivity contribution is 0.552. The van der Waals surface area contributed by atoms with Gasteiger partial charge >= 0.3 is 5.76 Å². The molecule has 0 unspecified atom stereocenters. The minimum absolute atomic E-state index is 0.0903. The van der Waals surface area contributed by atoms with Crippen molar-refractivity contribution in [2.75, 3.05) is 0 Å². The minimum Gasteiger partial charge on any atom is -0.407 e. The standard InChI is InChI=1S/C14H10ClFN2O3/c1-7-5-18(6-8-4-9(16)2-3-10(8)15)13(19)11-12(7)21-14(20)17-11/h2-5H,6H2,1H3,(H,17,20). The summed E-state index contributed by atoms with van der Waals surface area (Å²) in [5, 5.41) is 0.363. The van der Waals surface area contributed by atoms with Crippen LogP contribution >= 0.6 is 11.6 Å². The van der Waals surface area contributed by atoms with Crippen LogP contribution in [-0.4, -0.2) is 9.55 Å². The van der Waals surface area contributed by atoms with E-state index in [1.165, 1.54) is 22.8 Å². The van der Waals surface area contributed by atoms with Crippen molar-refractivity contribution < 1.29 is 8.81 Å². The predicted octanol–water partition coefficient (Wildman–Crippen LogP) is 2.43. The fraction of sp³-hybridized carbons (Fsp3) is 0.143. The largest absolute Gasteiger partial charge is 0.417 e. The van der Waals surface area contributed by atoms with Crippen LogP contribution in [0.2, 0.25) is 5.02 Å². The number of benzene rings is 1. The summed E-state index contributed by atoms with van der Waals surface area (Å²) >= 11 is 6.00. The van der Waals surface area contributed by atoms with Gasteiger partial charge in [-0.15, -0.1) is 0 Å². The molecule has 0 aliphatic rings. The number of aromatic amines is 1. The first-order valence-corrected chi connectivity index (χ1v) is 6.50. The normalized spacial score (nSPS) is 11.2. The van der Waals surface area contributed by atoms with Gasteiger partial charge in [-0.1, -0.05) is 11.6 Å². The Hall–Kier alpha value is -2.34. The van der Waals surface area contributed by atoms with Gasteiger partial charge in [-0.05, 0) is 30.7 Å². The monoisotopic (exact) mass is 308 g/mol. The van der Waals surface area contributed by atoms with Crippen LogP contribution in [0, 0.1) is 12.7 Å². The van der Waals surface area contributed by atoms with Crippen LogP contribution in [0.3, 0.4) is 0 Å². The maximum atomic E-state index is 13.3. The average Bonchev–Trinajstić information content (AvgIpc) is 2.82. The highest BCUT2D eigenvalue weighted by Crippen LogP contribution is 2.19. The molecule has 0 fully saturated rings. The van der Waals surface area contributed by atoms with Crippen LogP contribution in [0.25, 0.3) is 11.1 Å². The van der Waals surface area contributed by atoms with Crippen LogP contribution < -0.4 is 11.3 Å². The molecule has 108 valence electrons. The number of pyridine rings is 1. The molecule has 0 saturated heterocycles. The second kappa shape index (κ2) is 4.89. The molecule has 1 aromatic carbocycles. The average molecular weight is 309 g/mol. The van der Waals surface area contributed by atoms with Gasteiger partial charge in [-0.3, -0.25) is 9.78 Å². The highest BCUT2D eigenvalue weighted by atomic mass is 35.5. The Kier molecular flexibility index (Phi) is 3.17. The van der Waals surface area contributed by atoms with Gasteiger partial charge < -0.3 is 8.98 Å². The fourth-order valence-corrected chi connectivity index (χ4v) is 2.39. The van der Waals surface area contributed by atoms with Gasteiger partial charge in [-0.25, -0.2) is 9.18 Å². The van der Waals surface area contributed by atoms with Crippen LogP contribution in [0.1, 0.15) is 11.1 Å². The van der Waals surface area contributed by atoms with E-state index in [1.807, 2.05) is 0 Å². The Labute approximate surface area is 122 Å². The number of nitrogens with one attached hydrogen (secondary N) is 1. The molecular weight excluding hydrogens is 299 g/mol. The Morgan fingerprint density at radius 3 is 2.90 bits per heavy atom. The van der Waals surface area contributed by atoms with Gasteiger partial charge in [0.1, 0.15) is 5.82 Å². The Bertz CT molecular complexity index is 955. The fourth-order valence-electron chi connectivity index (χ4n) is 2.22. The van der Waals surface area contributed by atoms with Crippen molar-refractivity contribution in [1.29, 1.82) is 0 Å². The second-order valence-corrected chi connectivity index (χ2v) is 5.11. The third kappa shape index (κ3) is 2.38. The lowest BCUT2D eigenvalue weighted by Crippen LogP contribution is -2.21. The molecule has 7 heteroatoms. The lowest BCUT2D eigenvalue weighted by Gasteiger charge is -2.09. The molecule has 0 amide bonds. The van der Waals surface area contributed by atoms with Crippen molar-refractivity contribution in [2.45, 2.75) is 13.5 Å². The maximum Gasteiger partial charge on any atom is 0.417 e. The molecule has 3 aromatic rings. The smallest absolute Gasteiger partial charge is 0.407 e. The molecule has 5 nitrogen and oxygen atoms in total. The zero-order valence-corrected chi connectivity index (χ0v) is 11.7. The lowest BCUT2D eigenvalue weighted by atomic mass is 10.2. The van der Waals surface area contributed by atoms with Crippen LogP contribution in [0.15, 0.2) is 38.4 Å². The van der Waals surface area contributed by atoms with Crippen LogP contribution in [-0.2, 0) is 6.54 Å². The molecule has 0 atom stereocenters. The van der Waals surface area contributed by atoms with E-state index in [2.05, 4.69) is 4.98 Å². The van der Waals surface area contributed by atoms with E-state index < -0.39 is 17.1 Å². The summed E-state index contributed by atoms with van der Waals surface area (Å²) in [6, 6.07) is 3.95. The number of rotatable bonds is 2. The Morgan fingerprint density at radius 1 is 1.38 bits per heavy atom. The van der Waals surface area contributed by atoms with E-state index in [-0.39, 0.29) is 17.6 Å². The molecule has 0 aliphatic carbocycles. The maximum absolute atomic E-state index is 13.3. The van der Waals surface area contributed by atoms with Gasteiger partial charge in [0, 0.05) is 16.8 Å². The highest BCUT2D eigenvalue weighted by molar-refractivity contribution is 6.31. The highest BCUT2D eigenvalue weighted by Gasteiger charge is 2.13. The first-order chi connectivity index (χ1) is 9.95. The topological polar surface area (TPSA) is 68.0 Å². The number of H-pyrrole nitrogens is 1. The van der Waals surface area contributed by atoms with Gasteiger partial charge in [0.2, 0.25) is 0 Å². The molecule has 0 aliphatic heterocycles. The number of hydrogen-bond acceptors (Lipinski definition) is 3. The summed E-state index contributed by atoms with van der Waals surface area (Å²) in [6.07, 6.45) is 1.54. The molecule has 21 heavy (non-hydrogen) atoms. The number of halogens is 2. The SMILES string of the molecule is Cc1cn(Cc2cc(F)ccc2Cl)c(=O)c2[nH]c(=O)oc12. The van der Waals surface area contributed by atoms with E-state index >= 15 is 0 Å². The Balaban J connectivity index is 2.17. The van der Waals surface area contributed by atoms with Crippen molar-refractivity contribution in [1.82, 2.24) is 9.55 Å². The van der Waals surface area contributed by atoms with E-state index in [0.29, 0.717) is 16.1 Å². The molecule has 0 bridgehead atoms. The minimum atomic E-state index is -0.688. The number of oxazole rings is 1. The van der Waals surface area contributed by atoms with E-state index in [0.717, 1.165) is 0 Å². The van der Waals surface area contributed by atoms with Gasteiger partial charge in [0.05, 0.1) is 6.54 Å².